The molecule has 8 atom stereocenters. The molecule has 0 radical (unpaired) electrons. The molecule has 314 valence electrons. The number of phenols is 2. The lowest BCUT2D eigenvalue weighted by atomic mass is 9.72. The summed E-state index contributed by atoms with van der Waals surface area (Å²) in [7, 11) is 2.73. The van der Waals surface area contributed by atoms with Gasteiger partial charge in [-0.3, -0.25) is 19.3 Å². The second-order valence-corrected chi connectivity index (χ2v) is 15.2. The number of amides is 1. The minimum Gasteiger partial charge on any atom is -0.507 e. The second-order valence-electron chi connectivity index (χ2n) is 15.2. The first-order valence-corrected chi connectivity index (χ1v) is 18.8. The lowest BCUT2D eigenvalue weighted by Crippen LogP contribution is -2.67. The molecule has 4 aliphatic rings. The van der Waals surface area contributed by atoms with Gasteiger partial charge in [0.05, 0.1) is 74.4 Å². The van der Waals surface area contributed by atoms with Gasteiger partial charge >= 0.3 is 11.9 Å². The number of aliphatic hydroxyl groups excluding tert-OH is 1. The number of nitro groups is 1. The highest BCUT2D eigenvalue weighted by atomic mass is 16.7. The van der Waals surface area contributed by atoms with Crippen molar-refractivity contribution in [3.63, 3.8) is 0 Å². The van der Waals surface area contributed by atoms with Gasteiger partial charge in [-0.25, -0.2) is 9.36 Å². The number of aliphatic hydroxyl groups is 2. The van der Waals surface area contributed by atoms with Crippen LogP contribution < -0.4 is 4.74 Å². The minimum atomic E-state index is -2.18. The van der Waals surface area contributed by atoms with Gasteiger partial charge in [0.15, 0.2) is 24.5 Å². The summed E-state index contributed by atoms with van der Waals surface area (Å²) >= 11 is 0. The first-order chi connectivity index (χ1) is 28.5. The number of hydrogen-bond acceptors (Lipinski definition) is 17. The van der Waals surface area contributed by atoms with Gasteiger partial charge in [0, 0.05) is 48.1 Å². The third-order valence-corrected chi connectivity index (χ3v) is 11.9. The van der Waals surface area contributed by atoms with E-state index in [1.807, 2.05) is 0 Å². The monoisotopic (exact) mass is 828 g/mol. The summed E-state index contributed by atoms with van der Waals surface area (Å²) in [5, 5.41) is 78.5. The van der Waals surface area contributed by atoms with Crippen LogP contribution in [0.25, 0.3) is 0 Å². The van der Waals surface area contributed by atoms with Gasteiger partial charge in [0.1, 0.15) is 40.6 Å². The van der Waals surface area contributed by atoms with E-state index >= 15 is 0 Å². The Balaban J connectivity index is 1.17. The number of Topliss-reactive ketones (excluding diaryl/α,β-unsaturated/α-hetero) is 1. The number of carbonyl (C=O) groups is 4. The summed E-state index contributed by atoms with van der Waals surface area (Å²) in [6, 6.07) is 7.78. The molecular weight excluding hydrogens is 788 g/mol. The van der Waals surface area contributed by atoms with Gasteiger partial charge in [-0.15, -0.1) is 0 Å². The van der Waals surface area contributed by atoms with Crippen molar-refractivity contribution in [1.29, 1.82) is 10.5 Å². The Morgan fingerprint density at radius 3 is 2.32 bits per heavy atom. The van der Waals surface area contributed by atoms with Crippen LogP contribution in [0.4, 0.5) is 10.6 Å². The number of rotatable bonds is 8. The van der Waals surface area contributed by atoms with Gasteiger partial charge < -0.3 is 54.4 Å². The molecule has 0 bridgehead atoms. The van der Waals surface area contributed by atoms with E-state index in [1.54, 1.807) is 0 Å². The second kappa shape index (κ2) is 15.6. The standard InChI is InChI=1S/C40H40N6O14/c1-18-34(48)25(45-21(13-41)15-44(16-22(45)14-42)39(53)58-17-20-8-9-28(43(20)3)46(55)56)10-29(59-18)60-27-12-40(54,19(2)47)11-24-31(27)38(52)33-32(36(24)50)35(49)23-6-5-7-26(57-4)30(23)37(33)51/h5-9,18,21-22,25,27,29,34,48,50,52,54H,10-12,15-17H2,1-4H3/t18-,21?,22?,25?,27-,29-,34+,40-/m0/s1. The molecule has 0 saturated carbocycles. The van der Waals surface area contributed by atoms with Gasteiger partial charge in [0.2, 0.25) is 5.78 Å². The van der Waals surface area contributed by atoms with E-state index in [0.717, 1.165) is 11.8 Å². The quantitative estimate of drug-likeness (QED) is 0.112. The SMILES string of the molecule is COc1cccc2c1C(=O)c1c(O)c3c(c(O)c1C2=O)C[C@@](O)(C(C)=O)C[C@@H]3O[C@H]1CC(N2C(C#N)CN(C(=O)OCc3ccc([N+](=O)[O-])n3C)CC2C#N)[C@H](O)[C@H](C)O1. The predicted molar refractivity (Wildman–Crippen MR) is 201 cm³/mol. The van der Waals surface area contributed by atoms with Gasteiger partial charge in [-0.05, 0) is 30.9 Å². The summed E-state index contributed by atoms with van der Waals surface area (Å²) in [5.74, 6) is -4.00. The van der Waals surface area contributed by atoms with E-state index in [-0.39, 0.29) is 59.9 Å². The Morgan fingerprint density at radius 2 is 1.72 bits per heavy atom. The maximum absolute atomic E-state index is 14.0. The molecule has 20 nitrogen and oxygen atoms in total. The molecule has 20 heteroatoms. The van der Waals surface area contributed by atoms with Crippen LogP contribution in [-0.4, -0.2) is 126 Å². The van der Waals surface area contributed by atoms with Crippen LogP contribution in [0.2, 0.25) is 0 Å². The van der Waals surface area contributed by atoms with E-state index in [9.17, 15) is 60.2 Å². The number of phenolic OH excluding ortho intramolecular Hbond substituents is 2. The molecule has 2 aliphatic carbocycles. The van der Waals surface area contributed by atoms with Gasteiger partial charge in [0.25, 0.3) is 0 Å². The Labute approximate surface area is 341 Å². The summed E-state index contributed by atoms with van der Waals surface area (Å²) in [5.41, 5.74) is -3.54. The first kappa shape index (κ1) is 41.7. The minimum absolute atomic E-state index is 0.0468. The van der Waals surface area contributed by atoms with E-state index in [4.69, 9.17) is 18.9 Å². The Morgan fingerprint density at radius 1 is 1.05 bits per heavy atom. The smallest absolute Gasteiger partial charge is 0.410 e. The number of methoxy groups -OCH3 is 1. The molecule has 3 unspecified atom stereocenters. The zero-order valence-electron chi connectivity index (χ0n) is 32.7. The molecule has 3 heterocycles. The number of ketones is 3. The fourth-order valence-corrected chi connectivity index (χ4v) is 8.72. The number of aromatic nitrogens is 1. The fraction of sp³-hybridized carbons (Fsp3) is 0.450. The van der Waals surface area contributed by atoms with Crippen LogP contribution in [0.5, 0.6) is 17.2 Å². The topological polar surface area (TPSA) is 288 Å². The molecule has 60 heavy (non-hydrogen) atoms. The van der Waals surface area contributed by atoms with Crippen LogP contribution in [0, 0.1) is 32.8 Å². The number of fused-ring (bicyclic) bond motifs is 3. The third kappa shape index (κ3) is 6.77. The zero-order chi connectivity index (χ0) is 43.5. The van der Waals surface area contributed by atoms with Crippen molar-refractivity contribution in [2.24, 2.45) is 7.05 Å². The molecule has 1 amide bonds. The van der Waals surface area contributed by atoms with E-state index in [1.165, 1.54) is 60.9 Å². The van der Waals surface area contributed by atoms with Gasteiger partial charge in [-0.1, -0.05) is 12.1 Å². The molecule has 2 fully saturated rings. The van der Waals surface area contributed by atoms with E-state index in [2.05, 4.69) is 12.1 Å². The van der Waals surface area contributed by atoms with Crippen molar-refractivity contribution in [3.05, 3.63) is 79.5 Å². The average Bonchev–Trinajstić information content (AvgIpc) is 3.60. The number of benzene rings is 2. The number of aromatic hydroxyl groups is 2. The number of ether oxygens (including phenoxy) is 4. The molecule has 3 aromatic rings. The molecule has 1 aromatic heterocycles. The number of piperazine rings is 1. The van der Waals surface area contributed by atoms with Gasteiger partial charge in [-0.2, -0.15) is 10.5 Å². The highest BCUT2D eigenvalue weighted by Gasteiger charge is 2.52. The molecule has 2 aliphatic heterocycles. The predicted octanol–water partition coefficient (Wildman–Crippen LogP) is 2.06. The molecule has 4 N–H and O–H groups in total. The first-order valence-electron chi connectivity index (χ1n) is 18.8. The lowest BCUT2D eigenvalue weighted by molar-refractivity contribution is -0.391. The van der Waals surface area contributed by atoms with E-state index < -0.39 is 112 Å². The van der Waals surface area contributed by atoms with Crippen molar-refractivity contribution in [1.82, 2.24) is 14.4 Å². The normalized spacial score (nSPS) is 27.5. The number of carbonyl (C=O) groups excluding carboxylic acids is 4. The Bertz CT molecular complexity index is 2390. The largest absolute Gasteiger partial charge is 0.507 e. The number of nitriles is 2. The maximum atomic E-state index is 14.0. The number of nitrogens with zero attached hydrogens (tertiary/aromatic N) is 6. The van der Waals surface area contributed by atoms with Crippen molar-refractivity contribution < 1.29 is 63.5 Å². The molecule has 0 spiro atoms. The summed E-state index contributed by atoms with van der Waals surface area (Å²) < 4.78 is 24.4. The van der Waals surface area contributed by atoms with Crippen molar-refractivity contribution in [2.45, 2.75) is 88.0 Å². The third-order valence-electron chi connectivity index (χ3n) is 11.9. The summed E-state index contributed by atoms with van der Waals surface area (Å²) in [4.78, 5) is 67.2. The van der Waals surface area contributed by atoms with Crippen LogP contribution >= 0.6 is 0 Å². The van der Waals surface area contributed by atoms with Crippen LogP contribution in [0.3, 0.4) is 0 Å². The molecular formula is C40H40N6O14. The Hall–Kier alpha value is -6.42. The maximum Gasteiger partial charge on any atom is 0.410 e. The highest BCUT2D eigenvalue weighted by Crippen LogP contribution is 2.52. The molecule has 2 aromatic carbocycles. The average molecular weight is 829 g/mol. The fourth-order valence-electron chi connectivity index (χ4n) is 8.72. The zero-order valence-corrected chi connectivity index (χ0v) is 32.7. The van der Waals surface area contributed by atoms with Crippen molar-refractivity contribution in [2.75, 3.05) is 20.2 Å². The van der Waals surface area contributed by atoms with Crippen LogP contribution in [0.15, 0.2) is 30.3 Å². The number of hydrogen-bond donors (Lipinski definition) is 4. The van der Waals surface area contributed by atoms with Crippen molar-refractivity contribution >= 4 is 29.3 Å². The van der Waals surface area contributed by atoms with Crippen molar-refractivity contribution in [3.8, 4) is 29.4 Å². The highest BCUT2D eigenvalue weighted by molar-refractivity contribution is 6.31. The summed E-state index contributed by atoms with van der Waals surface area (Å²) in [6.07, 6.45) is -7.30. The summed E-state index contributed by atoms with van der Waals surface area (Å²) in [6.45, 7) is 1.77. The van der Waals surface area contributed by atoms with E-state index in [0.29, 0.717) is 5.69 Å². The van der Waals surface area contributed by atoms with Crippen LogP contribution in [-0.2, 0) is 39.1 Å². The molecule has 2 saturated heterocycles. The lowest BCUT2D eigenvalue weighted by Gasteiger charge is -2.50. The Kier molecular flexibility index (Phi) is 10.9. The van der Waals surface area contributed by atoms with Crippen LogP contribution in [0.1, 0.15) is 81.5 Å². The molecule has 7 rings (SSSR count).